The standard InChI is InChI=1S/C18H19N5O3S2/c24-14(11-23-15(25)5-6-16(23)26)20-17(27)21-7-9-22(10-8-21)18-19-12-3-1-2-4-13(12)28-18/h1-4H,5-11H2,(H,20,24,27). The van der Waals surface area contributed by atoms with E-state index in [9.17, 15) is 14.4 Å². The number of amides is 3. The Balaban J connectivity index is 1.29. The van der Waals surface area contributed by atoms with E-state index >= 15 is 0 Å². The highest BCUT2D eigenvalue weighted by Crippen LogP contribution is 2.29. The average Bonchev–Trinajstić information content (AvgIpc) is 3.26. The Labute approximate surface area is 171 Å². The molecule has 1 aromatic carbocycles. The largest absolute Gasteiger partial charge is 0.345 e. The zero-order chi connectivity index (χ0) is 19.7. The van der Waals surface area contributed by atoms with Crippen molar-refractivity contribution in [3.8, 4) is 0 Å². The van der Waals surface area contributed by atoms with Crippen LogP contribution in [-0.2, 0) is 14.4 Å². The molecule has 2 aromatic rings. The first-order chi connectivity index (χ1) is 13.5. The maximum atomic E-state index is 12.1. The molecule has 2 aliphatic rings. The summed E-state index contributed by atoms with van der Waals surface area (Å²) in [5, 5.41) is 3.95. The van der Waals surface area contributed by atoms with Crippen LogP contribution in [-0.4, -0.2) is 70.3 Å². The summed E-state index contributed by atoms with van der Waals surface area (Å²) < 4.78 is 1.16. The molecule has 3 heterocycles. The highest BCUT2D eigenvalue weighted by Gasteiger charge is 2.31. The van der Waals surface area contributed by atoms with Crippen LogP contribution < -0.4 is 10.2 Å². The molecule has 2 aliphatic heterocycles. The molecule has 0 spiro atoms. The molecule has 0 bridgehead atoms. The third-order valence-electron chi connectivity index (χ3n) is 4.82. The average molecular weight is 418 g/mol. The number of imide groups is 1. The molecule has 0 saturated carbocycles. The van der Waals surface area contributed by atoms with E-state index < -0.39 is 5.91 Å². The molecule has 4 rings (SSSR count). The minimum absolute atomic E-state index is 0.171. The van der Waals surface area contributed by atoms with Gasteiger partial charge in [0.15, 0.2) is 10.2 Å². The number of likely N-dealkylation sites (tertiary alicyclic amines) is 1. The van der Waals surface area contributed by atoms with Gasteiger partial charge >= 0.3 is 0 Å². The Morgan fingerprint density at radius 3 is 2.46 bits per heavy atom. The van der Waals surface area contributed by atoms with Crippen molar-refractivity contribution >= 4 is 61.7 Å². The molecule has 3 amide bonds. The van der Waals surface area contributed by atoms with Crippen LogP contribution in [0.2, 0.25) is 0 Å². The van der Waals surface area contributed by atoms with E-state index in [1.54, 1.807) is 11.3 Å². The van der Waals surface area contributed by atoms with Crippen molar-refractivity contribution in [2.24, 2.45) is 0 Å². The Bertz CT molecular complexity index is 903. The van der Waals surface area contributed by atoms with Crippen molar-refractivity contribution in [2.75, 3.05) is 37.6 Å². The van der Waals surface area contributed by atoms with E-state index in [0.717, 1.165) is 33.3 Å². The van der Waals surface area contributed by atoms with Gasteiger partial charge in [-0.05, 0) is 24.4 Å². The summed E-state index contributed by atoms with van der Waals surface area (Å²) in [5.74, 6) is -1.06. The second-order valence-corrected chi connectivity index (χ2v) is 8.06. The summed E-state index contributed by atoms with van der Waals surface area (Å²) in [7, 11) is 0. The summed E-state index contributed by atoms with van der Waals surface area (Å²) in [6, 6.07) is 8.06. The van der Waals surface area contributed by atoms with Crippen molar-refractivity contribution in [1.29, 1.82) is 0 Å². The summed E-state index contributed by atoms with van der Waals surface area (Å²) in [6.07, 6.45) is 0.342. The molecule has 0 atom stereocenters. The molecule has 2 saturated heterocycles. The quantitative estimate of drug-likeness (QED) is 0.588. The number of nitrogens with one attached hydrogen (secondary N) is 1. The van der Waals surface area contributed by atoms with Crippen LogP contribution in [0.3, 0.4) is 0 Å². The van der Waals surface area contributed by atoms with E-state index in [2.05, 4.69) is 21.3 Å². The molecule has 2 fully saturated rings. The number of rotatable bonds is 3. The molecule has 146 valence electrons. The number of thiocarbonyl (C=S) groups is 1. The fourth-order valence-corrected chi connectivity index (χ4v) is 4.59. The van der Waals surface area contributed by atoms with Gasteiger partial charge in [0.1, 0.15) is 6.54 Å². The number of carbonyl (C=O) groups excluding carboxylic acids is 3. The minimum atomic E-state index is -0.442. The predicted octanol–water partition coefficient (Wildman–Crippen LogP) is 0.968. The van der Waals surface area contributed by atoms with Gasteiger partial charge in [0, 0.05) is 39.0 Å². The SMILES string of the molecule is O=C(CN1C(=O)CCC1=O)NC(=S)N1CCN(c2nc3ccccc3s2)CC1. The fraction of sp³-hybridized carbons (Fsp3) is 0.389. The third kappa shape index (κ3) is 3.83. The summed E-state index contributed by atoms with van der Waals surface area (Å²) >= 11 is 7.00. The molecular weight excluding hydrogens is 398 g/mol. The van der Waals surface area contributed by atoms with Gasteiger partial charge in [-0.25, -0.2) is 4.98 Å². The van der Waals surface area contributed by atoms with Crippen molar-refractivity contribution in [3.63, 3.8) is 0 Å². The lowest BCUT2D eigenvalue weighted by atomic mass is 10.3. The Hall–Kier alpha value is -2.59. The van der Waals surface area contributed by atoms with Gasteiger partial charge in [-0.15, -0.1) is 0 Å². The summed E-state index contributed by atoms with van der Waals surface area (Å²) in [4.78, 5) is 45.2. The number of hydrogen-bond acceptors (Lipinski definition) is 7. The number of hydrogen-bond donors (Lipinski definition) is 1. The Morgan fingerprint density at radius 1 is 1.11 bits per heavy atom. The van der Waals surface area contributed by atoms with Crippen molar-refractivity contribution < 1.29 is 14.4 Å². The second kappa shape index (κ2) is 7.80. The smallest absolute Gasteiger partial charge is 0.246 e. The van der Waals surface area contributed by atoms with Gasteiger partial charge in [-0.2, -0.15) is 0 Å². The summed E-state index contributed by atoms with van der Waals surface area (Å²) in [5.41, 5.74) is 0.999. The first kappa shape index (κ1) is 18.8. The van der Waals surface area contributed by atoms with Gasteiger partial charge in [0.2, 0.25) is 17.7 Å². The molecule has 1 N–H and O–H groups in total. The second-order valence-electron chi connectivity index (χ2n) is 6.67. The minimum Gasteiger partial charge on any atom is -0.345 e. The van der Waals surface area contributed by atoms with Crippen LogP contribution in [0, 0.1) is 0 Å². The number of piperazine rings is 1. The first-order valence-corrected chi connectivity index (χ1v) is 10.3. The summed E-state index contributed by atoms with van der Waals surface area (Å²) in [6.45, 7) is 2.55. The lowest BCUT2D eigenvalue weighted by molar-refractivity contribution is -0.142. The number of anilines is 1. The first-order valence-electron chi connectivity index (χ1n) is 9.04. The predicted molar refractivity (Wildman–Crippen MR) is 110 cm³/mol. The van der Waals surface area contributed by atoms with Crippen molar-refractivity contribution in [3.05, 3.63) is 24.3 Å². The third-order valence-corrected chi connectivity index (χ3v) is 6.28. The monoisotopic (exact) mass is 417 g/mol. The maximum absolute atomic E-state index is 12.1. The number of aromatic nitrogens is 1. The normalized spacial score (nSPS) is 17.5. The van der Waals surface area contributed by atoms with E-state index in [1.165, 1.54) is 0 Å². The zero-order valence-electron chi connectivity index (χ0n) is 15.1. The molecule has 0 aliphatic carbocycles. The Morgan fingerprint density at radius 2 is 1.79 bits per heavy atom. The Kier molecular flexibility index (Phi) is 5.23. The van der Waals surface area contributed by atoms with Gasteiger partial charge in [0.25, 0.3) is 0 Å². The van der Waals surface area contributed by atoms with Gasteiger partial charge in [0.05, 0.1) is 10.2 Å². The maximum Gasteiger partial charge on any atom is 0.246 e. The number of benzene rings is 1. The number of nitrogens with zero attached hydrogens (tertiary/aromatic N) is 4. The molecule has 1 aromatic heterocycles. The van der Waals surface area contributed by atoms with Gasteiger partial charge < -0.3 is 15.1 Å². The van der Waals surface area contributed by atoms with Gasteiger partial charge in [-0.3, -0.25) is 19.3 Å². The molecular formula is C18H19N5O3S2. The van der Waals surface area contributed by atoms with Crippen LogP contribution in [0.25, 0.3) is 10.2 Å². The number of fused-ring (bicyclic) bond motifs is 1. The van der Waals surface area contributed by atoms with Crippen LogP contribution in [0.1, 0.15) is 12.8 Å². The lowest BCUT2D eigenvalue weighted by Crippen LogP contribution is -2.54. The molecule has 0 radical (unpaired) electrons. The van der Waals surface area contributed by atoms with E-state index in [0.29, 0.717) is 18.2 Å². The van der Waals surface area contributed by atoms with Gasteiger partial charge in [-0.1, -0.05) is 23.5 Å². The molecule has 8 nitrogen and oxygen atoms in total. The van der Waals surface area contributed by atoms with E-state index in [4.69, 9.17) is 12.2 Å². The number of para-hydroxylation sites is 1. The van der Waals surface area contributed by atoms with Crippen LogP contribution >= 0.6 is 23.6 Å². The molecule has 0 unspecified atom stereocenters. The van der Waals surface area contributed by atoms with Crippen molar-refractivity contribution in [1.82, 2.24) is 20.1 Å². The fourth-order valence-electron chi connectivity index (χ4n) is 3.28. The molecule has 28 heavy (non-hydrogen) atoms. The van der Waals surface area contributed by atoms with Crippen LogP contribution in [0.15, 0.2) is 24.3 Å². The highest BCUT2D eigenvalue weighted by molar-refractivity contribution is 7.80. The van der Waals surface area contributed by atoms with E-state index in [1.807, 2.05) is 23.1 Å². The van der Waals surface area contributed by atoms with Crippen molar-refractivity contribution in [2.45, 2.75) is 12.8 Å². The lowest BCUT2D eigenvalue weighted by Gasteiger charge is -2.35. The zero-order valence-corrected chi connectivity index (χ0v) is 16.7. The highest BCUT2D eigenvalue weighted by atomic mass is 32.1. The van der Waals surface area contributed by atoms with Crippen LogP contribution in [0.5, 0.6) is 0 Å². The topological polar surface area (TPSA) is 85.8 Å². The van der Waals surface area contributed by atoms with E-state index in [-0.39, 0.29) is 31.2 Å². The number of thiazole rings is 1. The number of carbonyl (C=O) groups is 3. The van der Waals surface area contributed by atoms with Crippen LogP contribution in [0.4, 0.5) is 5.13 Å². The molecule has 10 heteroatoms.